The summed E-state index contributed by atoms with van der Waals surface area (Å²) in [7, 11) is -3.22. The van der Waals surface area contributed by atoms with Crippen LogP contribution in [0.5, 0.6) is 0 Å². The molecular weight excluding hydrogens is 455 g/mol. The third-order valence-corrected chi connectivity index (χ3v) is 15.0. The fourth-order valence-corrected chi connectivity index (χ4v) is 9.68. The number of aromatic nitrogens is 1. The summed E-state index contributed by atoms with van der Waals surface area (Å²) in [6.45, 7) is 17.6. The molecule has 0 aliphatic heterocycles. The van der Waals surface area contributed by atoms with Crippen molar-refractivity contribution in [2.45, 2.75) is 39.3 Å². The van der Waals surface area contributed by atoms with Crippen LogP contribution in [0.4, 0.5) is 0 Å². The van der Waals surface area contributed by atoms with Gasteiger partial charge in [0.15, 0.2) is 0 Å². The fourth-order valence-electron chi connectivity index (χ4n) is 3.50. The van der Waals surface area contributed by atoms with Crippen LogP contribution in [0.3, 0.4) is 0 Å². The second-order valence-electron chi connectivity index (χ2n) is 9.95. The first kappa shape index (κ1) is 22.1. The minimum absolute atomic E-state index is 0.231. The summed E-state index contributed by atoms with van der Waals surface area (Å²) in [6.07, 6.45) is 1.75. The van der Waals surface area contributed by atoms with Crippen molar-refractivity contribution in [3.63, 3.8) is 0 Å². The molecule has 0 fully saturated rings. The van der Waals surface area contributed by atoms with Crippen LogP contribution in [-0.2, 0) is 0 Å². The maximum absolute atomic E-state index is 13.7. The van der Waals surface area contributed by atoms with E-state index in [0.29, 0.717) is 16.5 Å². The molecule has 0 atom stereocenters. The predicted octanol–water partition coefficient (Wildman–Crippen LogP) is 5.36. The van der Waals surface area contributed by atoms with E-state index < -0.39 is 16.1 Å². The molecule has 0 amide bonds. The lowest BCUT2D eigenvalue weighted by Crippen LogP contribution is -2.35. The van der Waals surface area contributed by atoms with Crippen molar-refractivity contribution in [1.82, 2.24) is 4.57 Å². The second kappa shape index (κ2) is 7.51. The molecule has 0 saturated heterocycles. The predicted molar refractivity (Wildman–Crippen MR) is 145 cm³/mol. The molecule has 0 spiro atoms. The van der Waals surface area contributed by atoms with Crippen LogP contribution in [0, 0.1) is 0 Å². The highest BCUT2D eigenvalue weighted by Crippen LogP contribution is 2.30. The van der Waals surface area contributed by atoms with Gasteiger partial charge in [0.1, 0.15) is 0 Å². The molecule has 0 N–H and O–H groups in total. The molecule has 3 heterocycles. The molecule has 1 aromatic carbocycles. The molecule has 0 unspecified atom stereocenters. The van der Waals surface area contributed by atoms with E-state index in [4.69, 9.17) is 0 Å². The number of hydrogen-bond donors (Lipinski definition) is 0. The first-order chi connectivity index (χ1) is 14.4. The molecule has 0 aliphatic carbocycles. The van der Waals surface area contributed by atoms with E-state index in [1.807, 2.05) is 24.3 Å². The van der Waals surface area contributed by atoms with Crippen molar-refractivity contribution in [3.8, 4) is 5.69 Å². The third-order valence-electron chi connectivity index (χ3n) is 5.40. The molecule has 3 nitrogen and oxygen atoms in total. The van der Waals surface area contributed by atoms with E-state index in [-0.39, 0.29) is 11.1 Å². The van der Waals surface area contributed by atoms with Gasteiger partial charge < -0.3 is 0 Å². The number of thiophene rings is 2. The van der Waals surface area contributed by atoms with Crippen molar-refractivity contribution >= 4 is 74.1 Å². The van der Waals surface area contributed by atoms with Gasteiger partial charge in [-0.25, -0.2) is 4.57 Å². The van der Waals surface area contributed by atoms with Crippen LogP contribution in [-0.4, -0.2) is 20.7 Å². The Morgan fingerprint density at radius 3 is 1.55 bits per heavy atom. The van der Waals surface area contributed by atoms with Crippen LogP contribution in [0.2, 0.25) is 39.3 Å². The Morgan fingerprint density at radius 1 is 0.774 bits per heavy atom. The topological polar surface area (TPSA) is 39.1 Å². The molecule has 160 valence electrons. The van der Waals surface area contributed by atoms with Crippen LogP contribution >= 0.6 is 22.7 Å². The maximum atomic E-state index is 13.7. The van der Waals surface area contributed by atoms with Crippen molar-refractivity contribution in [2.24, 2.45) is 0 Å². The molecule has 0 radical (unpaired) electrons. The number of nitrogens with zero attached hydrogens (tertiary/aromatic N) is 1. The lowest BCUT2D eigenvalue weighted by Gasteiger charge is -2.12. The number of hydrogen-bond acceptors (Lipinski definition) is 4. The summed E-state index contributed by atoms with van der Waals surface area (Å²) in [5, 5.41) is 1.32. The van der Waals surface area contributed by atoms with E-state index in [2.05, 4.69) is 58.0 Å². The van der Waals surface area contributed by atoms with E-state index in [9.17, 15) is 9.59 Å². The van der Waals surface area contributed by atoms with Gasteiger partial charge in [-0.15, -0.1) is 22.7 Å². The first-order valence-electron chi connectivity index (χ1n) is 10.3. The number of fused-ring (bicyclic) bond motifs is 3. The Kier molecular flexibility index (Phi) is 5.37. The van der Waals surface area contributed by atoms with E-state index in [1.54, 1.807) is 28.7 Å². The Labute approximate surface area is 192 Å². The number of benzene rings is 1. The van der Waals surface area contributed by atoms with Crippen LogP contribution in [0.15, 0.2) is 52.6 Å². The van der Waals surface area contributed by atoms with Gasteiger partial charge in [-0.1, -0.05) is 64.1 Å². The van der Waals surface area contributed by atoms with Gasteiger partial charge in [0.25, 0.3) is 11.1 Å². The van der Waals surface area contributed by atoms with Crippen molar-refractivity contribution in [1.29, 1.82) is 0 Å². The summed E-state index contributed by atoms with van der Waals surface area (Å²) < 4.78 is 5.86. The monoisotopic (exact) mass is 481 g/mol. The van der Waals surface area contributed by atoms with Gasteiger partial charge in [-0.3, -0.25) is 9.59 Å². The summed E-state index contributed by atoms with van der Waals surface area (Å²) >= 11 is 3.41. The van der Waals surface area contributed by atoms with Gasteiger partial charge in [0, 0.05) is 0 Å². The minimum atomic E-state index is -1.61. The van der Waals surface area contributed by atoms with Crippen LogP contribution in [0.25, 0.3) is 31.9 Å². The standard InChI is InChI=1S/C24H27NO2S2Si2/c1-8-15-9-11-16(12-10-15)25-23(26)17-13-19(30(2,3)4)28-21(17)22-18(24(25)27)14-20(29-22)31(5,6)7/h8-14H,1H2,2-7H3. The highest BCUT2D eigenvalue weighted by atomic mass is 32.1. The average molecular weight is 482 g/mol. The van der Waals surface area contributed by atoms with Gasteiger partial charge in [0.05, 0.1) is 42.0 Å². The van der Waals surface area contributed by atoms with Gasteiger partial charge in [-0.05, 0) is 38.8 Å². The van der Waals surface area contributed by atoms with Crippen LogP contribution < -0.4 is 20.1 Å². The van der Waals surface area contributed by atoms with Crippen molar-refractivity contribution in [2.75, 3.05) is 0 Å². The zero-order valence-electron chi connectivity index (χ0n) is 18.8. The molecule has 0 saturated carbocycles. The molecule has 31 heavy (non-hydrogen) atoms. The smallest absolute Gasteiger partial charge is 0.266 e. The van der Waals surface area contributed by atoms with E-state index in [0.717, 1.165) is 15.0 Å². The zero-order valence-corrected chi connectivity index (χ0v) is 22.5. The summed E-state index contributed by atoms with van der Waals surface area (Å²) in [5.41, 5.74) is 1.09. The highest BCUT2D eigenvalue weighted by molar-refractivity contribution is 7.37. The number of rotatable bonds is 4. The maximum Gasteiger partial charge on any atom is 0.266 e. The van der Waals surface area contributed by atoms with Gasteiger partial charge >= 0.3 is 0 Å². The highest BCUT2D eigenvalue weighted by Gasteiger charge is 2.26. The average Bonchev–Trinajstić information content (AvgIpc) is 3.31. The molecule has 0 bridgehead atoms. The third kappa shape index (κ3) is 3.84. The normalized spacial score (nSPS) is 12.6. The minimum Gasteiger partial charge on any atom is -0.268 e. The Bertz CT molecular complexity index is 1360. The summed E-state index contributed by atoms with van der Waals surface area (Å²) in [4.78, 5) is 27.4. The summed E-state index contributed by atoms with van der Waals surface area (Å²) in [5.74, 6) is 0. The van der Waals surface area contributed by atoms with Gasteiger partial charge in [0.2, 0.25) is 0 Å². The van der Waals surface area contributed by atoms with Crippen molar-refractivity contribution < 1.29 is 0 Å². The Balaban J connectivity index is 2.22. The Hall–Kier alpha value is -2.07. The lowest BCUT2D eigenvalue weighted by molar-refractivity contribution is 0.976. The van der Waals surface area contributed by atoms with Crippen LogP contribution in [0.1, 0.15) is 5.56 Å². The second-order valence-corrected chi connectivity index (χ2v) is 22.9. The summed E-state index contributed by atoms with van der Waals surface area (Å²) in [6, 6.07) is 11.5. The molecular formula is C24H27NO2S2Si2. The molecule has 4 aromatic rings. The SMILES string of the molecule is C=Cc1ccc(-n2c(=O)c3cc([Si](C)(C)C)sc3c3sc([Si](C)(C)C)cc3c2=O)cc1. The first-order valence-corrected chi connectivity index (χ1v) is 19.0. The molecule has 3 aromatic heterocycles. The van der Waals surface area contributed by atoms with E-state index >= 15 is 0 Å². The zero-order chi connectivity index (χ0) is 22.7. The van der Waals surface area contributed by atoms with E-state index in [1.165, 1.54) is 13.6 Å². The fraction of sp³-hybridized carbons (Fsp3) is 0.250. The van der Waals surface area contributed by atoms with Crippen molar-refractivity contribution in [3.05, 3.63) is 69.2 Å². The Morgan fingerprint density at radius 2 is 1.19 bits per heavy atom. The molecule has 4 rings (SSSR count). The quantitative estimate of drug-likeness (QED) is 0.368. The lowest BCUT2D eigenvalue weighted by atomic mass is 10.2. The molecule has 0 aliphatic rings. The van der Waals surface area contributed by atoms with Gasteiger partial charge in [-0.2, -0.15) is 0 Å². The largest absolute Gasteiger partial charge is 0.268 e. The molecule has 7 heteroatoms.